The van der Waals surface area contributed by atoms with E-state index in [2.05, 4.69) is 31.2 Å². The Balaban J connectivity index is 2.25. The highest BCUT2D eigenvalue weighted by molar-refractivity contribution is 9.10. The number of halogens is 1. The van der Waals surface area contributed by atoms with Gasteiger partial charge >= 0.3 is 5.97 Å². The van der Waals surface area contributed by atoms with Crippen molar-refractivity contribution < 1.29 is 14.3 Å². The van der Waals surface area contributed by atoms with Gasteiger partial charge in [0.1, 0.15) is 11.5 Å². The summed E-state index contributed by atoms with van der Waals surface area (Å²) in [7, 11) is 0. The van der Waals surface area contributed by atoms with Gasteiger partial charge in [0.15, 0.2) is 0 Å². The largest absolute Gasteiger partial charge is 0.462 e. The van der Waals surface area contributed by atoms with Crippen molar-refractivity contribution in [2.45, 2.75) is 20.8 Å². The third-order valence-corrected chi connectivity index (χ3v) is 3.58. The van der Waals surface area contributed by atoms with Gasteiger partial charge in [0.25, 0.3) is 5.91 Å². The van der Waals surface area contributed by atoms with Crippen molar-refractivity contribution >= 4 is 33.6 Å². The highest BCUT2D eigenvalue weighted by Crippen LogP contribution is 2.20. The Labute approximate surface area is 136 Å². The van der Waals surface area contributed by atoms with Gasteiger partial charge in [-0.3, -0.25) is 4.79 Å². The number of aromatic nitrogens is 2. The molecule has 0 bridgehead atoms. The molecule has 1 amide bonds. The van der Waals surface area contributed by atoms with Crippen LogP contribution < -0.4 is 5.32 Å². The van der Waals surface area contributed by atoms with E-state index >= 15 is 0 Å². The van der Waals surface area contributed by atoms with Crippen LogP contribution in [-0.4, -0.2) is 28.5 Å². The number of H-pyrrole nitrogens is 1. The number of carbonyl (C=O) groups excluding carboxylic acids is 2. The lowest BCUT2D eigenvalue weighted by molar-refractivity contribution is 0.0525. The van der Waals surface area contributed by atoms with Crippen molar-refractivity contribution in [3.63, 3.8) is 0 Å². The number of pyridine rings is 1. The Hall–Kier alpha value is -2.15. The normalized spacial score (nSPS) is 10.4. The standard InChI is InChI=1S/C15H16BrN3O3/c1-4-22-15(21)12-8(2)13(18-9(12)3)14(20)19-11-6-5-10(16)7-17-11/h5-7,18H,4H2,1-3H3,(H,17,19,20). The maximum atomic E-state index is 12.3. The van der Waals surface area contributed by atoms with Crippen LogP contribution in [0.15, 0.2) is 22.8 Å². The Morgan fingerprint density at radius 1 is 1.36 bits per heavy atom. The summed E-state index contributed by atoms with van der Waals surface area (Å²) < 4.78 is 5.83. The molecule has 2 aromatic heterocycles. The van der Waals surface area contributed by atoms with Gasteiger partial charge in [-0.15, -0.1) is 0 Å². The molecule has 2 aromatic rings. The minimum Gasteiger partial charge on any atom is -0.462 e. The summed E-state index contributed by atoms with van der Waals surface area (Å²) in [6.07, 6.45) is 1.59. The minimum atomic E-state index is -0.436. The molecule has 0 saturated carbocycles. The summed E-state index contributed by atoms with van der Waals surface area (Å²) in [6.45, 7) is 5.46. The predicted octanol–water partition coefficient (Wildman–Crippen LogP) is 3.22. The van der Waals surface area contributed by atoms with E-state index in [4.69, 9.17) is 4.74 Å². The fourth-order valence-electron chi connectivity index (χ4n) is 2.12. The van der Waals surface area contributed by atoms with Gasteiger partial charge in [0.2, 0.25) is 0 Å². The monoisotopic (exact) mass is 365 g/mol. The van der Waals surface area contributed by atoms with Crippen LogP contribution in [0.4, 0.5) is 5.82 Å². The summed E-state index contributed by atoms with van der Waals surface area (Å²) in [6, 6.07) is 3.46. The molecule has 22 heavy (non-hydrogen) atoms. The molecule has 0 saturated heterocycles. The number of aryl methyl sites for hydroxylation is 1. The van der Waals surface area contributed by atoms with E-state index in [9.17, 15) is 9.59 Å². The molecule has 0 spiro atoms. The first kappa shape index (κ1) is 16.2. The molecule has 7 heteroatoms. The smallest absolute Gasteiger partial charge is 0.340 e. The van der Waals surface area contributed by atoms with Crippen molar-refractivity contribution in [3.8, 4) is 0 Å². The molecule has 2 rings (SSSR count). The second-order valence-electron chi connectivity index (χ2n) is 4.66. The highest BCUT2D eigenvalue weighted by Gasteiger charge is 2.22. The van der Waals surface area contributed by atoms with Gasteiger partial charge < -0.3 is 15.0 Å². The molecule has 0 fully saturated rings. The fraction of sp³-hybridized carbons (Fsp3) is 0.267. The lowest BCUT2D eigenvalue weighted by Gasteiger charge is -2.04. The molecular weight excluding hydrogens is 350 g/mol. The molecular formula is C15H16BrN3O3. The number of nitrogens with one attached hydrogen (secondary N) is 2. The van der Waals surface area contributed by atoms with E-state index in [0.29, 0.717) is 28.3 Å². The van der Waals surface area contributed by atoms with Crippen molar-refractivity contribution in [3.05, 3.63) is 45.3 Å². The van der Waals surface area contributed by atoms with Gasteiger partial charge in [-0.1, -0.05) is 0 Å². The molecule has 0 aliphatic rings. The summed E-state index contributed by atoms with van der Waals surface area (Å²) >= 11 is 3.28. The molecule has 0 aliphatic heterocycles. The number of rotatable bonds is 4. The summed E-state index contributed by atoms with van der Waals surface area (Å²) in [5.74, 6) is -0.363. The Kier molecular flexibility index (Phi) is 4.97. The van der Waals surface area contributed by atoms with Crippen molar-refractivity contribution in [2.24, 2.45) is 0 Å². The van der Waals surface area contributed by atoms with E-state index < -0.39 is 5.97 Å². The second-order valence-corrected chi connectivity index (χ2v) is 5.58. The maximum absolute atomic E-state index is 12.3. The van der Waals surface area contributed by atoms with Crippen molar-refractivity contribution in [1.82, 2.24) is 9.97 Å². The van der Waals surface area contributed by atoms with E-state index in [-0.39, 0.29) is 12.5 Å². The molecule has 6 nitrogen and oxygen atoms in total. The number of carbonyl (C=O) groups is 2. The highest BCUT2D eigenvalue weighted by atomic mass is 79.9. The lowest BCUT2D eigenvalue weighted by Crippen LogP contribution is -2.15. The topological polar surface area (TPSA) is 84.1 Å². The summed E-state index contributed by atoms with van der Waals surface area (Å²) in [5, 5.41) is 2.68. The molecule has 116 valence electrons. The first-order valence-electron chi connectivity index (χ1n) is 6.73. The maximum Gasteiger partial charge on any atom is 0.340 e. The number of esters is 1. The zero-order chi connectivity index (χ0) is 16.3. The van der Waals surface area contributed by atoms with Crippen LogP contribution in [-0.2, 0) is 4.74 Å². The zero-order valence-electron chi connectivity index (χ0n) is 12.5. The van der Waals surface area contributed by atoms with Crippen molar-refractivity contribution in [2.75, 3.05) is 11.9 Å². The molecule has 0 aliphatic carbocycles. The van der Waals surface area contributed by atoms with Gasteiger partial charge in [-0.05, 0) is 54.4 Å². The molecule has 0 atom stereocenters. The molecule has 2 heterocycles. The van der Waals surface area contributed by atoms with Crippen LogP contribution in [0, 0.1) is 13.8 Å². The minimum absolute atomic E-state index is 0.285. The first-order chi connectivity index (χ1) is 10.4. The number of hydrogen-bond acceptors (Lipinski definition) is 4. The third kappa shape index (κ3) is 3.36. The number of nitrogens with zero attached hydrogens (tertiary/aromatic N) is 1. The SMILES string of the molecule is CCOC(=O)c1c(C)[nH]c(C(=O)Nc2ccc(Br)cn2)c1C. The van der Waals surface area contributed by atoms with Gasteiger partial charge in [-0.25, -0.2) is 9.78 Å². The predicted molar refractivity (Wildman–Crippen MR) is 86.1 cm³/mol. The average molecular weight is 366 g/mol. The number of aromatic amines is 1. The Bertz CT molecular complexity index is 708. The van der Waals surface area contributed by atoms with Crippen LogP contribution in [0.2, 0.25) is 0 Å². The van der Waals surface area contributed by atoms with Crippen molar-refractivity contribution in [1.29, 1.82) is 0 Å². The summed E-state index contributed by atoms with van der Waals surface area (Å²) in [5.41, 5.74) is 1.89. The average Bonchev–Trinajstić information content (AvgIpc) is 2.77. The van der Waals surface area contributed by atoms with Crippen LogP contribution in [0.3, 0.4) is 0 Å². The number of hydrogen-bond donors (Lipinski definition) is 2. The number of anilines is 1. The number of amides is 1. The lowest BCUT2D eigenvalue weighted by atomic mass is 10.1. The summed E-state index contributed by atoms with van der Waals surface area (Å²) in [4.78, 5) is 31.3. The quantitative estimate of drug-likeness (QED) is 0.814. The first-order valence-corrected chi connectivity index (χ1v) is 7.52. The van der Waals surface area contributed by atoms with E-state index in [1.165, 1.54) is 0 Å². The van der Waals surface area contributed by atoms with Gasteiger partial charge in [0, 0.05) is 16.4 Å². The fourth-order valence-corrected chi connectivity index (χ4v) is 2.35. The van der Waals surface area contributed by atoms with Crippen LogP contribution >= 0.6 is 15.9 Å². The Morgan fingerprint density at radius 2 is 2.09 bits per heavy atom. The molecule has 0 aromatic carbocycles. The van der Waals surface area contributed by atoms with Crippen LogP contribution in [0.25, 0.3) is 0 Å². The van der Waals surface area contributed by atoms with Crippen LogP contribution in [0.5, 0.6) is 0 Å². The van der Waals surface area contributed by atoms with Gasteiger partial charge in [0.05, 0.1) is 12.2 Å². The van der Waals surface area contributed by atoms with Gasteiger partial charge in [-0.2, -0.15) is 0 Å². The Morgan fingerprint density at radius 3 is 2.68 bits per heavy atom. The van der Waals surface area contributed by atoms with Crippen LogP contribution in [0.1, 0.15) is 39.0 Å². The van der Waals surface area contributed by atoms with E-state index in [1.807, 2.05) is 0 Å². The number of ether oxygens (including phenoxy) is 1. The second kappa shape index (κ2) is 6.74. The molecule has 0 unspecified atom stereocenters. The third-order valence-electron chi connectivity index (χ3n) is 3.11. The molecule has 2 N–H and O–H groups in total. The van der Waals surface area contributed by atoms with E-state index in [1.54, 1.807) is 39.1 Å². The molecule has 0 radical (unpaired) electrons. The van der Waals surface area contributed by atoms with E-state index in [0.717, 1.165) is 4.47 Å². The zero-order valence-corrected chi connectivity index (χ0v) is 14.1.